The van der Waals surface area contributed by atoms with E-state index in [0.717, 1.165) is 0 Å². The number of nitrogens with one attached hydrogen (secondary N) is 1. The average Bonchev–Trinajstić information content (AvgIpc) is 3.17. The quantitative estimate of drug-likeness (QED) is 0.776. The summed E-state index contributed by atoms with van der Waals surface area (Å²) in [4.78, 5) is 42.3. The summed E-state index contributed by atoms with van der Waals surface area (Å²) in [5, 5.41) is 6.77. The summed E-state index contributed by atoms with van der Waals surface area (Å²) < 4.78 is 4.87. The summed E-state index contributed by atoms with van der Waals surface area (Å²) >= 11 is 2.66. The predicted octanol–water partition coefficient (Wildman–Crippen LogP) is 2.02. The largest absolute Gasteiger partial charge is 0.466 e. The van der Waals surface area contributed by atoms with Crippen molar-refractivity contribution < 1.29 is 19.1 Å². The number of amides is 2. The summed E-state index contributed by atoms with van der Waals surface area (Å²) in [6, 6.07) is 3.61. The van der Waals surface area contributed by atoms with E-state index in [2.05, 4.69) is 10.3 Å². The molecule has 132 valence electrons. The van der Waals surface area contributed by atoms with E-state index >= 15 is 0 Å². The average molecular weight is 379 g/mol. The minimum Gasteiger partial charge on any atom is -0.466 e. The van der Waals surface area contributed by atoms with E-state index in [0.29, 0.717) is 35.4 Å². The van der Waals surface area contributed by atoms with Gasteiger partial charge >= 0.3 is 5.97 Å². The molecule has 2 amide bonds. The van der Waals surface area contributed by atoms with Crippen LogP contribution in [0.2, 0.25) is 0 Å². The number of carbonyl (C=O) groups excluding carboxylic acids is 3. The van der Waals surface area contributed by atoms with Gasteiger partial charge in [-0.3, -0.25) is 14.4 Å². The number of nitrogens with zero attached hydrogens (tertiary/aromatic N) is 2. The van der Waals surface area contributed by atoms with E-state index in [1.54, 1.807) is 23.3 Å². The Kier molecular flexibility index (Phi) is 5.44. The summed E-state index contributed by atoms with van der Waals surface area (Å²) in [7, 11) is 0. The molecule has 3 rings (SSSR count). The molecule has 0 spiro atoms. The molecule has 7 nitrogen and oxygen atoms in total. The van der Waals surface area contributed by atoms with Gasteiger partial charge in [-0.05, 0) is 18.4 Å². The van der Waals surface area contributed by atoms with Crippen LogP contribution in [0, 0.1) is 5.92 Å². The van der Waals surface area contributed by atoms with Crippen LogP contribution < -0.4 is 5.32 Å². The number of carbonyl (C=O) groups is 3. The second kappa shape index (κ2) is 7.75. The highest BCUT2D eigenvalue weighted by Gasteiger charge is 2.36. The Morgan fingerprint density at radius 1 is 1.36 bits per heavy atom. The molecule has 0 bridgehead atoms. The van der Waals surface area contributed by atoms with Crippen LogP contribution in [0.4, 0.5) is 5.13 Å². The Morgan fingerprint density at radius 3 is 2.84 bits per heavy atom. The van der Waals surface area contributed by atoms with Crippen molar-refractivity contribution >= 4 is 45.6 Å². The first-order chi connectivity index (χ1) is 12.1. The lowest BCUT2D eigenvalue weighted by atomic mass is 9.99. The predicted molar refractivity (Wildman–Crippen MR) is 94.8 cm³/mol. The van der Waals surface area contributed by atoms with Gasteiger partial charge in [0.1, 0.15) is 0 Å². The van der Waals surface area contributed by atoms with Crippen LogP contribution in [-0.4, -0.2) is 47.4 Å². The molecule has 3 heterocycles. The number of hydrogen-bond donors (Lipinski definition) is 1. The fourth-order valence-corrected chi connectivity index (χ4v) is 3.78. The van der Waals surface area contributed by atoms with Crippen LogP contribution in [0.3, 0.4) is 0 Å². The lowest BCUT2D eigenvalue weighted by Gasteiger charge is -2.37. The van der Waals surface area contributed by atoms with Gasteiger partial charge in [0.05, 0.1) is 29.5 Å². The van der Waals surface area contributed by atoms with E-state index in [9.17, 15) is 14.4 Å². The van der Waals surface area contributed by atoms with Crippen LogP contribution in [-0.2, 0) is 20.7 Å². The Morgan fingerprint density at radius 2 is 2.16 bits per heavy atom. The number of hydrogen-bond acceptors (Lipinski definition) is 7. The first kappa shape index (κ1) is 17.6. The van der Waals surface area contributed by atoms with E-state index in [1.807, 2.05) is 11.4 Å². The molecule has 25 heavy (non-hydrogen) atoms. The third kappa shape index (κ3) is 4.23. The second-order valence-corrected chi connectivity index (χ2v) is 7.31. The maximum Gasteiger partial charge on any atom is 0.311 e. The van der Waals surface area contributed by atoms with Gasteiger partial charge in [0.2, 0.25) is 5.91 Å². The van der Waals surface area contributed by atoms with Gasteiger partial charge in [-0.2, -0.15) is 0 Å². The van der Waals surface area contributed by atoms with E-state index in [4.69, 9.17) is 4.74 Å². The number of ether oxygens (including phenoxy) is 1. The fraction of sp³-hybridized carbons (Fsp3) is 0.375. The summed E-state index contributed by atoms with van der Waals surface area (Å²) in [6.07, 6.45) is 0.0900. The fourth-order valence-electron chi connectivity index (χ4n) is 2.38. The van der Waals surface area contributed by atoms with Gasteiger partial charge in [0, 0.05) is 18.5 Å². The van der Waals surface area contributed by atoms with Crippen molar-refractivity contribution in [3.8, 4) is 0 Å². The molecule has 2 aromatic rings. The van der Waals surface area contributed by atoms with Crippen LogP contribution >= 0.6 is 22.7 Å². The highest BCUT2D eigenvalue weighted by Crippen LogP contribution is 2.23. The molecule has 1 aliphatic rings. The highest BCUT2D eigenvalue weighted by molar-refractivity contribution is 7.14. The molecule has 0 aromatic carbocycles. The van der Waals surface area contributed by atoms with Crippen molar-refractivity contribution in [2.75, 3.05) is 25.0 Å². The van der Waals surface area contributed by atoms with Crippen LogP contribution in [0.15, 0.2) is 22.9 Å². The van der Waals surface area contributed by atoms with Gasteiger partial charge in [0.25, 0.3) is 5.91 Å². The van der Waals surface area contributed by atoms with Crippen LogP contribution in [0.1, 0.15) is 22.3 Å². The number of thiazole rings is 1. The first-order valence-corrected chi connectivity index (χ1v) is 9.56. The number of rotatable bonds is 6. The molecule has 9 heteroatoms. The van der Waals surface area contributed by atoms with E-state index < -0.39 is 0 Å². The van der Waals surface area contributed by atoms with Gasteiger partial charge in [-0.15, -0.1) is 22.7 Å². The zero-order valence-corrected chi connectivity index (χ0v) is 15.2. The third-order valence-corrected chi connectivity index (χ3v) is 5.35. The summed E-state index contributed by atoms with van der Waals surface area (Å²) in [6.45, 7) is 2.89. The Balaban J connectivity index is 1.47. The van der Waals surface area contributed by atoms with Crippen LogP contribution in [0.5, 0.6) is 0 Å². The van der Waals surface area contributed by atoms with Crippen molar-refractivity contribution in [3.05, 3.63) is 33.5 Å². The van der Waals surface area contributed by atoms with E-state index in [-0.39, 0.29) is 30.1 Å². The van der Waals surface area contributed by atoms with Crippen molar-refractivity contribution in [1.29, 1.82) is 0 Å². The molecule has 0 aliphatic carbocycles. The lowest BCUT2D eigenvalue weighted by Crippen LogP contribution is -2.54. The molecule has 1 fully saturated rings. The molecule has 0 saturated carbocycles. The normalized spacial score (nSPS) is 14.0. The smallest absolute Gasteiger partial charge is 0.311 e. The topological polar surface area (TPSA) is 88.6 Å². The molecule has 1 N–H and O–H groups in total. The number of esters is 1. The number of thiophene rings is 1. The van der Waals surface area contributed by atoms with Crippen molar-refractivity contribution in [1.82, 2.24) is 9.88 Å². The summed E-state index contributed by atoms with van der Waals surface area (Å²) in [5.74, 6) is -0.772. The zero-order valence-electron chi connectivity index (χ0n) is 13.6. The lowest BCUT2D eigenvalue weighted by molar-refractivity contribution is -0.142. The standard InChI is InChI=1S/C16H17N3O4S2/c1-2-23-13(20)6-11-9-25-16(17-11)18-14(21)10-7-19(8-10)15(22)12-4-3-5-24-12/h3-5,9-10H,2,6-8H2,1H3,(H,17,18,21). The number of anilines is 1. The van der Waals surface area contributed by atoms with Gasteiger partial charge < -0.3 is 15.0 Å². The maximum absolute atomic E-state index is 12.2. The summed E-state index contributed by atoms with van der Waals surface area (Å²) in [5.41, 5.74) is 0.571. The monoisotopic (exact) mass is 379 g/mol. The SMILES string of the molecule is CCOC(=O)Cc1csc(NC(=O)C2CN(C(=O)c3cccs3)C2)n1. The highest BCUT2D eigenvalue weighted by atomic mass is 32.1. The molecule has 0 atom stereocenters. The third-order valence-electron chi connectivity index (χ3n) is 3.68. The molecule has 0 radical (unpaired) electrons. The van der Waals surface area contributed by atoms with Crippen molar-refractivity contribution in [2.45, 2.75) is 13.3 Å². The second-order valence-electron chi connectivity index (χ2n) is 5.50. The Hall–Kier alpha value is -2.26. The first-order valence-electron chi connectivity index (χ1n) is 7.80. The molecule has 0 unspecified atom stereocenters. The van der Waals surface area contributed by atoms with Crippen molar-refractivity contribution in [3.63, 3.8) is 0 Å². The van der Waals surface area contributed by atoms with Gasteiger partial charge in [0.15, 0.2) is 5.13 Å². The number of aromatic nitrogens is 1. The van der Waals surface area contributed by atoms with Gasteiger partial charge in [-0.1, -0.05) is 6.07 Å². The zero-order chi connectivity index (χ0) is 17.8. The van der Waals surface area contributed by atoms with Gasteiger partial charge in [-0.25, -0.2) is 4.98 Å². The maximum atomic E-state index is 12.2. The Labute approximate surface area is 152 Å². The minimum atomic E-state index is -0.340. The minimum absolute atomic E-state index is 0.0370. The molecule has 1 saturated heterocycles. The van der Waals surface area contributed by atoms with E-state index in [1.165, 1.54) is 22.7 Å². The molecular formula is C16H17N3O4S2. The van der Waals surface area contributed by atoms with Crippen LogP contribution in [0.25, 0.3) is 0 Å². The molecular weight excluding hydrogens is 362 g/mol. The Bertz CT molecular complexity index is 766. The number of likely N-dealkylation sites (tertiary alicyclic amines) is 1. The molecule has 1 aliphatic heterocycles. The van der Waals surface area contributed by atoms with Crippen molar-refractivity contribution in [2.24, 2.45) is 5.92 Å². The molecule has 2 aromatic heterocycles.